The van der Waals surface area contributed by atoms with E-state index in [2.05, 4.69) is 12.2 Å². The van der Waals surface area contributed by atoms with Crippen LogP contribution in [-0.2, 0) is 9.53 Å². The second kappa shape index (κ2) is 7.67. The minimum Gasteiger partial charge on any atom is -0.378 e. The maximum absolute atomic E-state index is 11.3. The molecule has 1 saturated heterocycles. The smallest absolute Gasteiger partial charge is 0.222 e. The Morgan fingerprint density at radius 2 is 2.24 bits per heavy atom. The molecular formula is C13H26N2O2. The van der Waals surface area contributed by atoms with Crippen LogP contribution in [0.1, 0.15) is 32.6 Å². The largest absolute Gasteiger partial charge is 0.378 e. The van der Waals surface area contributed by atoms with Gasteiger partial charge in [-0.05, 0) is 31.7 Å². The quantitative estimate of drug-likeness (QED) is 0.683. The predicted molar refractivity (Wildman–Crippen MR) is 68.9 cm³/mol. The molecule has 1 amide bonds. The van der Waals surface area contributed by atoms with Crippen LogP contribution in [0, 0.1) is 5.92 Å². The Morgan fingerprint density at radius 1 is 1.47 bits per heavy atom. The van der Waals surface area contributed by atoms with Crippen molar-refractivity contribution in [2.45, 2.75) is 38.7 Å². The standard InChI is InChI=1S/C13H26N2O2/c1-4-12-11(7-9-17-12)10-14-8-5-6-13(16)15(2)3/h11-12,14H,4-10H2,1-3H3. The van der Waals surface area contributed by atoms with Crippen LogP contribution in [0.5, 0.6) is 0 Å². The number of hydrogen-bond acceptors (Lipinski definition) is 3. The molecule has 0 bridgehead atoms. The first-order valence-corrected chi connectivity index (χ1v) is 6.67. The molecular weight excluding hydrogens is 216 g/mol. The molecule has 17 heavy (non-hydrogen) atoms. The summed E-state index contributed by atoms with van der Waals surface area (Å²) < 4.78 is 5.64. The molecule has 1 fully saturated rings. The van der Waals surface area contributed by atoms with Gasteiger partial charge in [0.1, 0.15) is 0 Å². The average molecular weight is 242 g/mol. The lowest BCUT2D eigenvalue weighted by atomic mass is 10.00. The van der Waals surface area contributed by atoms with E-state index in [1.165, 1.54) is 6.42 Å². The van der Waals surface area contributed by atoms with Crippen molar-refractivity contribution in [3.63, 3.8) is 0 Å². The highest BCUT2D eigenvalue weighted by atomic mass is 16.5. The number of nitrogens with one attached hydrogen (secondary N) is 1. The van der Waals surface area contributed by atoms with Crippen molar-refractivity contribution in [3.8, 4) is 0 Å². The molecule has 0 radical (unpaired) electrons. The van der Waals surface area contributed by atoms with Crippen molar-refractivity contribution >= 4 is 5.91 Å². The molecule has 2 atom stereocenters. The second-order valence-electron chi connectivity index (χ2n) is 4.96. The van der Waals surface area contributed by atoms with E-state index in [1.54, 1.807) is 19.0 Å². The van der Waals surface area contributed by atoms with Crippen LogP contribution in [0.25, 0.3) is 0 Å². The number of rotatable bonds is 7. The average Bonchev–Trinajstić information content (AvgIpc) is 2.75. The highest BCUT2D eigenvalue weighted by Gasteiger charge is 2.25. The molecule has 1 N–H and O–H groups in total. The van der Waals surface area contributed by atoms with Gasteiger partial charge in [0, 0.05) is 33.7 Å². The van der Waals surface area contributed by atoms with Crippen molar-refractivity contribution in [3.05, 3.63) is 0 Å². The zero-order valence-corrected chi connectivity index (χ0v) is 11.4. The molecule has 4 nitrogen and oxygen atoms in total. The molecule has 0 aromatic rings. The minimum atomic E-state index is 0.211. The van der Waals surface area contributed by atoms with Gasteiger partial charge in [-0.2, -0.15) is 0 Å². The summed E-state index contributed by atoms with van der Waals surface area (Å²) in [7, 11) is 3.61. The monoisotopic (exact) mass is 242 g/mol. The van der Waals surface area contributed by atoms with Crippen LogP contribution in [0.4, 0.5) is 0 Å². The van der Waals surface area contributed by atoms with Crippen LogP contribution >= 0.6 is 0 Å². The van der Waals surface area contributed by atoms with Gasteiger partial charge < -0.3 is 15.0 Å². The van der Waals surface area contributed by atoms with Crippen molar-refractivity contribution in [2.24, 2.45) is 5.92 Å². The van der Waals surface area contributed by atoms with Gasteiger partial charge in [0.05, 0.1) is 6.10 Å². The molecule has 0 aromatic heterocycles. The molecule has 1 aliphatic heterocycles. The predicted octanol–water partition coefficient (Wildman–Crippen LogP) is 1.26. The first-order chi connectivity index (χ1) is 8.15. The first kappa shape index (κ1) is 14.5. The van der Waals surface area contributed by atoms with E-state index in [0.29, 0.717) is 18.4 Å². The summed E-state index contributed by atoms with van der Waals surface area (Å²) in [4.78, 5) is 13.0. The van der Waals surface area contributed by atoms with Gasteiger partial charge in [0.2, 0.25) is 5.91 Å². The summed E-state index contributed by atoms with van der Waals surface area (Å²) in [5.74, 6) is 0.868. The Morgan fingerprint density at radius 3 is 2.88 bits per heavy atom. The fraction of sp³-hybridized carbons (Fsp3) is 0.923. The third kappa shape index (κ3) is 5.04. The van der Waals surface area contributed by atoms with E-state index >= 15 is 0 Å². The molecule has 0 saturated carbocycles. The molecule has 1 aliphatic rings. The molecule has 100 valence electrons. The zero-order valence-electron chi connectivity index (χ0n) is 11.4. The van der Waals surface area contributed by atoms with Crippen LogP contribution in [0.3, 0.4) is 0 Å². The van der Waals surface area contributed by atoms with Gasteiger partial charge in [-0.1, -0.05) is 6.92 Å². The number of hydrogen-bond donors (Lipinski definition) is 1. The maximum atomic E-state index is 11.3. The zero-order chi connectivity index (χ0) is 12.7. The fourth-order valence-electron chi connectivity index (χ4n) is 2.25. The highest BCUT2D eigenvalue weighted by Crippen LogP contribution is 2.22. The second-order valence-corrected chi connectivity index (χ2v) is 4.96. The van der Waals surface area contributed by atoms with Gasteiger partial charge in [0.15, 0.2) is 0 Å². The van der Waals surface area contributed by atoms with Gasteiger partial charge >= 0.3 is 0 Å². The summed E-state index contributed by atoms with van der Waals surface area (Å²) in [5, 5.41) is 3.44. The Kier molecular flexibility index (Phi) is 6.52. The Bertz CT molecular complexity index is 231. The number of ether oxygens (including phenoxy) is 1. The normalized spacial score (nSPS) is 23.9. The number of carbonyl (C=O) groups is 1. The molecule has 2 unspecified atom stereocenters. The molecule has 0 aromatic carbocycles. The third-order valence-corrected chi connectivity index (χ3v) is 3.40. The van der Waals surface area contributed by atoms with Gasteiger partial charge in [-0.3, -0.25) is 4.79 Å². The van der Waals surface area contributed by atoms with Crippen molar-refractivity contribution in [1.29, 1.82) is 0 Å². The summed E-state index contributed by atoms with van der Waals surface area (Å²) in [6.45, 7) is 5.03. The molecule has 4 heteroatoms. The van der Waals surface area contributed by atoms with Crippen LogP contribution in [0.15, 0.2) is 0 Å². The van der Waals surface area contributed by atoms with Gasteiger partial charge in [-0.15, -0.1) is 0 Å². The van der Waals surface area contributed by atoms with E-state index < -0.39 is 0 Å². The Labute approximate surface area is 105 Å². The molecule has 1 rings (SSSR count). The minimum absolute atomic E-state index is 0.211. The Balaban J connectivity index is 2.02. The fourth-order valence-corrected chi connectivity index (χ4v) is 2.25. The summed E-state index contributed by atoms with van der Waals surface area (Å²) in [6.07, 6.45) is 4.26. The first-order valence-electron chi connectivity index (χ1n) is 6.67. The molecule has 0 aliphatic carbocycles. The highest BCUT2D eigenvalue weighted by molar-refractivity contribution is 5.75. The molecule has 0 spiro atoms. The topological polar surface area (TPSA) is 41.6 Å². The number of carbonyl (C=O) groups excluding carboxylic acids is 1. The van der Waals surface area contributed by atoms with E-state index in [4.69, 9.17) is 4.74 Å². The van der Waals surface area contributed by atoms with Crippen molar-refractivity contribution in [1.82, 2.24) is 10.2 Å². The van der Waals surface area contributed by atoms with Gasteiger partial charge in [-0.25, -0.2) is 0 Å². The maximum Gasteiger partial charge on any atom is 0.222 e. The number of nitrogens with zero attached hydrogens (tertiary/aromatic N) is 1. The summed E-state index contributed by atoms with van der Waals surface area (Å²) in [5.41, 5.74) is 0. The van der Waals surface area contributed by atoms with Crippen LogP contribution in [-0.4, -0.2) is 50.7 Å². The summed E-state index contributed by atoms with van der Waals surface area (Å²) >= 11 is 0. The van der Waals surface area contributed by atoms with Crippen molar-refractivity contribution in [2.75, 3.05) is 33.8 Å². The van der Waals surface area contributed by atoms with E-state index in [-0.39, 0.29) is 5.91 Å². The van der Waals surface area contributed by atoms with Crippen LogP contribution < -0.4 is 5.32 Å². The van der Waals surface area contributed by atoms with Gasteiger partial charge in [0.25, 0.3) is 0 Å². The lowest BCUT2D eigenvalue weighted by Crippen LogP contribution is -2.29. The number of amides is 1. The Hall–Kier alpha value is -0.610. The van der Waals surface area contributed by atoms with Crippen molar-refractivity contribution < 1.29 is 9.53 Å². The van der Waals surface area contributed by atoms with E-state index in [9.17, 15) is 4.79 Å². The SMILES string of the molecule is CCC1OCCC1CNCCCC(=O)N(C)C. The lowest BCUT2D eigenvalue weighted by molar-refractivity contribution is -0.128. The third-order valence-electron chi connectivity index (χ3n) is 3.40. The van der Waals surface area contributed by atoms with Crippen LogP contribution in [0.2, 0.25) is 0 Å². The van der Waals surface area contributed by atoms with E-state index in [0.717, 1.165) is 32.5 Å². The molecule has 1 heterocycles. The lowest BCUT2D eigenvalue weighted by Gasteiger charge is -2.17. The van der Waals surface area contributed by atoms with E-state index in [1.807, 2.05) is 0 Å². The summed E-state index contributed by atoms with van der Waals surface area (Å²) in [6, 6.07) is 0.